The van der Waals surface area contributed by atoms with Gasteiger partial charge in [0.25, 0.3) is 0 Å². The van der Waals surface area contributed by atoms with Gasteiger partial charge >= 0.3 is 0 Å². The molecule has 7 heteroatoms. The number of guanidine groups is 1. The molecule has 25 heavy (non-hydrogen) atoms. The minimum absolute atomic E-state index is 0. The van der Waals surface area contributed by atoms with E-state index in [0.29, 0.717) is 0 Å². The van der Waals surface area contributed by atoms with Gasteiger partial charge in [-0.15, -0.1) is 35.3 Å². The molecule has 0 radical (unpaired) electrons. The number of halogens is 1. The van der Waals surface area contributed by atoms with Crippen LogP contribution in [-0.4, -0.2) is 57.3 Å². The van der Waals surface area contributed by atoms with Gasteiger partial charge in [0.05, 0.1) is 13.2 Å². The third-order valence-electron chi connectivity index (χ3n) is 4.41. The van der Waals surface area contributed by atoms with Crippen LogP contribution in [0.3, 0.4) is 0 Å². The number of nitrogens with zero attached hydrogens (tertiary/aromatic N) is 2. The summed E-state index contributed by atoms with van der Waals surface area (Å²) in [6.07, 6.45) is 2.50. The Morgan fingerprint density at radius 2 is 2.08 bits per heavy atom. The molecular formula is C18H33IN4OS. The number of methoxy groups -OCH3 is 1. The van der Waals surface area contributed by atoms with Gasteiger partial charge in [0, 0.05) is 36.5 Å². The normalized spacial score (nSPS) is 16.5. The Morgan fingerprint density at radius 1 is 1.32 bits per heavy atom. The number of ether oxygens (including phenoxy) is 1. The van der Waals surface area contributed by atoms with Crippen molar-refractivity contribution in [3.05, 3.63) is 21.9 Å². The van der Waals surface area contributed by atoms with Crippen LogP contribution in [0.5, 0.6) is 0 Å². The molecule has 2 heterocycles. The maximum atomic E-state index is 5.16. The number of hydrogen-bond donors (Lipinski definition) is 2. The smallest absolute Gasteiger partial charge is 0.191 e. The highest BCUT2D eigenvalue weighted by molar-refractivity contribution is 14.0. The number of aryl methyl sites for hydroxylation is 1. The summed E-state index contributed by atoms with van der Waals surface area (Å²) < 4.78 is 5.16. The molecule has 0 amide bonds. The molecule has 0 atom stereocenters. The molecule has 0 saturated carbocycles. The number of hydrogen-bond acceptors (Lipinski definition) is 4. The minimum Gasteiger partial charge on any atom is -0.383 e. The molecule has 0 aliphatic carbocycles. The number of likely N-dealkylation sites (tertiary alicyclic amines) is 1. The summed E-state index contributed by atoms with van der Waals surface area (Å²) in [7, 11) is 1.77. The predicted molar refractivity (Wildman–Crippen MR) is 118 cm³/mol. The van der Waals surface area contributed by atoms with Crippen LogP contribution < -0.4 is 10.6 Å². The zero-order chi connectivity index (χ0) is 17.2. The Bertz CT molecular complexity index is 501. The van der Waals surface area contributed by atoms with E-state index in [1.807, 2.05) is 11.3 Å². The van der Waals surface area contributed by atoms with Crippen molar-refractivity contribution in [1.82, 2.24) is 15.5 Å². The van der Waals surface area contributed by atoms with Gasteiger partial charge in [-0.25, -0.2) is 4.99 Å². The van der Waals surface area contributed by atoms with Crippen LogP contribution in [0.25, 0.3) is 0 Å². The van der Waals surface area contributed by atoms with Crippen molar-refractivity contribution in [3.63, 3.8) is 0 Å². The lowest BCUT2D eigenvalue weighted by Crippen LogP contribution is -2.43. The van der Waals surface area contributed by atoms with Crippen LogP contribution >= 0.6 is 35.3 Å². The molecule has 2 rings (SSSR count). The van der Waals surface area contributed by atoms with Crippen molar-refractivity contribution >= 4 is 41.3 Å². The van der Waals surface area contributed by atoms with Crippen molar-refractivity contribution < 1.29 is 4.74 Å². The molecule has 144 valence electrons. The minimum atomic E-state index is 0. The van der Waals surface area contributed by atoms with Crippen LogP contribution in [0.4, 0.5) is 0 Å². The quantitative estimate of drug-likeness (QED) is 0.341. The van der Waals surface area contributed by atoms with Crippen LogP contribution in [0.15, 0.2) is 17.1 Å². The summed E-state index contributed by atoms with van der Waals surface area (Å²) in [6, 6.07) is 4.33. The van der Waals surface area contributed by atoms with Crippen molar-refractivity contribution in [1.29, 1.82) is 0 Å². The van der Waals surface area contributed by atoms with Crippen LogP contribution in [-0.2, 0) is 11.3 Å². The lowest BCUT2D eigenvalue weighted by Gasteiger charge is -2.32. The monoisotopic (exact) mass is 480 g/mol. The molecule has 0 aromatic carbocycles. The summed E-state index contributed by atoms with van der Waals surface area (Å²) in [5.74, 6) is 1.67. The topological polar surface area (TPSA) is 48.9 Å². The van der Waals surface area contributed by atoms with E-state index < -0.39 is 0 Å². The van der Waals surface area contributed by atoms with E-state index in [1.165, 1.54) is 35.7 Å². The van der Waals surface area contributed by atoms with E-state index in [2.05, 4.69) is 41.5 Å². The van der Waals surface area contributed by atoms with Gasteiger partial charge in [0.15, 0.2) is 5.96 Å². The molecule has 1 saturated heterocycles. The fraction of sp³-hybridized carbons (Fsp3) is 0.722. The zero-order valence-corrected chi connectivity index (χ0v) is 18.9. The van der Waals surface area contributed by atoms with Crippen molar-refractivity contribution in [2.24, 2.45) is 10.9 Å². The maximum absolute atomic E-state index is 5.16. The highest BCUT2D eigenvalue weighted by Gasteiger charge is 2.18. The average Bonchev–Trinajstić information content (AvgIpc) is 3.02. The second kappa shape index (κ2) is 12.9. The Labute approximate surface area is 173 Å². The SMILES string of the molecule is CCNC(=NCc1ccc(C)s1)NCC1CCN(CCOC)CC1.I. The van der Waals surface area contributed by atoms with Gasteiger partial charge in [0.2, 0.25) is 0 Å². The molecule has 0 spiro atoms. The maximum Gasteiger partial charge on any atom is 0.191 e. The largest absolute Gasteiger partial charge is 0.383 e. The van der Waals surface area contributed by atoms with Crippen molar-refractivity contribution in [3.8, 4) is 0 Å². The third-order valence-corrected chi connectivity index (χ3v) is 5.40. The highest BCUT2D eigenvalue weighted by atomic mass is 127. The first kappa shape index (κ1) is 22.7. The predicted octanol–water partition coefficient (Wildman–Crippen LogP) is 3.09. The summed E-state index contributed by atoms with van der Waals surface area (Å²) in [5.41, 5.74) is 0. The first-order valence-corrected chi connectivity index (χ1v) is 9.81. The molecule has 0 bridgehead atoms. The molecule has 1 aliphatic rings. The molecule has 1 aromatic heterocycles. The Morgan fingerprint density at radius 3 is 2.68 bits per heavy atom. The molecule has 0 unspecified atom stereocenters. The van der Waals surface area contributed by atoms with E-state index >= 15 is 0 Å². The van der Waals surface area contributed by atoms with Crippen LogP contribution in [0.2, 0.25) is 0 Å². The van der Waals surface area contributed by atoms with Gasteiger partial charge in [-0.05, 0) is 57.8 Å². The van der Waals surface area contributed by atoms with Gasteiger partial charge in [0.1, 0.15) is 0 Å². The molecule has 1 fully saturated rings. The van der Waals surface area contributed by atoms with E-state index in [1.54, 1.807) is 7.11 Å². The van der Waals surface area contributed by atoms with Crippen molar-refractivity contribution in [2.75, 3.05) is 46.4 Å². The first-order chi connectivity index (χ1) is 11.7. The van der Waals surface area contributed by atoms with Crippen molar-refractivity contribution in [2.45, 2.75) is 33.2 Å². The summed E-state index contributed by atoms with van der Waals surface area (Å²) in [6.45, 7) is 11.2. The number of aliphatic imine (C=N–C) groups is 1. The van der Waals surface area contributed by atoms with Gasteiger partial charge in [-0.3, -0.25) is 0 Å². The Kier molecular flexibility index (Phi) is 11.7. The van der Waals surface area contributed by atoms with E-state index in [0.717, 1.165) is 44.7 Å². The standard InChI is InChI=1S/C18H32N4OS.HI/c1-4-19-18(21-14-17-6-5-15(2)24-17)20-13-16-7-9-22(10-8-16)11-12-23-3;/h5-6,16H,4,7-14H2,1-3H3,(H2,19,20,21);1H. The lowest BCUT2D eigenvalue weighted by atomic mass is 9.97. The highest BCUT2D eigenvalue weighted by Crippen LogP contribution is 2.17. The number of nitrogens with one attached hydrogen (secondary N) is 2. The van der Waals surface area contributed by atoms with E-state index in [4.69, 9.17) is 9.73 Å². The fourth-order valence-corrected chi connectivity index (χ4v) is 3.76. The van der Waals surface area contributed by atoms with E-state index in [9.17, 15) is 0 Å². The molecule has 5 nitrogen and oxygen atoms in total. The second-order valence-electron chi connectivity index (χ2n) is 6.37. The Balaban J connectivity index is 0.00000312. The van der Waals surface area contributed by atoms with Gasteiger partial charge < -0.3 is 20.3 Å². The zero-order valence-electron chi connectivity index (χ0n) is 15.7. The molecule has 1 aliphatic heterocycles. The Hall–Kier alpha value is -0.380. The molecule has 1 aromatic rings. The summed E-state index contributed by atoms with van der Waals surface area (Å²) in [5, 5.41) is 6.88. The van der Waals surface area contributed by atoms with Gasteiger partial charge in [-0.1, -0.05) is 0 Å². The fourth-order valence-electron chi connectivity index (χ4n) is 2.94. The number of piperidine rings is 1. The number of rotatable bonds is 8. The third kappa shape index (κ3) is 8.70. The number of thiophene rings is 1. The van der Waals surface area contributed by atoms with Gasteiger partial charge in [-0.2, -0.15) is 0 Å². The molecule has 2 N–H and O–H groups in total. The first-order valence-electron chi connectivity index (χ1n) is 9.00. The molecular weight excluding hydrogens is 447 g/mol. The summed E-state index contributed by atoms with van der Waals surface area (Å²) >= 11 is 1.82. The average molecular weight is 480 g/mol. The second-order valence-corrected chi connectivity index (χ2v) is 7.74. The van der Waals surface area contributed by atoms with E-state index in [-0.39, 0.29) is 24.0 Å². The van der Waals surface area contributed by atoms with Crippen LogP contribution in [0.1, 0.15) is 29.5 Å². The van der Waals surface area contributed by atoms with Crippen LogP contribution in [0, 0.1) is 12.8 Å². The summed E-state index contributed by atoms with van der Waals surface area (Å²) in [4.78, 5) is 9.87. The lowest BCUT2D eigenvalue weighted by molar-refractivity contribution is 0.121.